The molecule has 0 spiro atoms. The zero-order chi connectivity index (χ0) is 26.7. The van der Waals surface area contributed by atoms with Crippen LogP contribution >= 0.6 is 35.6 Å². The van der Waals surface area contributed by atoms with Crippen LogP contribution in [0.3, 0.4) is 0 Å². The van der Waals surface area contributed by atoms with Gasteiger partial charge < -0.3 is 25.6 Å². The minimum Gasteiger partial charge on any atom is -0.483 e. The van der Waals surface area contributed by atoms with Gasteiger partial charge in [0.2, 0.25) is 5.91 Å². The molecule has 4 rings (SSSR count). The Morgan fingerprint density at radius 2 is 1.84 bits per heavy atom. The third-order valence-electron chi connectivity index (χ3n) is 6.25. The van der Waals surface area contributed by atoms with Crippen LogP contribution in [0.25, 0.3) is 0 Å². The molecule has 0 saturated heterocycles. The largest absolute Gasteiger partial charge is 0.483 e. The first-order valence-electron chi connectivity index (χ1n) is 11.9. The first-order valence-corrected chi connectivity index (χ1v) is 12.6. The zero-order valence-corrected chi connectivity index (χ0v) is 23.7. The van der Waals surface area contributed by atoms with Gasteiger partial charge >= 0.3 is 6.03 Å². The summed E-state index contributed by atoms with van der Waals surface area (Å²) in [5.74, 6) is 0.902. The summed E-state index contributed by atoms with van der Waals surface area (Å²) in [5.41, 5.74) is 9.54. The number of nitrogens with two attached hydrogens (primary N) is 1. The Kier molecular flexibility index (Phi) is 9.60. The predicted octanol–water partition coefficient (Wildman–Crippen LogP) is 5.37. The Hall–Kier alpha value is -3.33. The Bertz CT molecular complexity index is 1300. The highest BCUT2D eigenvalue weighted by Crippen LogP contribution is 2.40. The summed E-state index contributed by atoms with van der Waals surface area (Å²) in [6.45, 7) is 4.50. The van der Waals surface area contributed by atoms with Gasteiger partial charge in [-0.1, -0.05) is 48.3 Å². The molecule has 0 atom stereocenters. The van der Waals surface area contributed by atoms with Crippen molar-refractivity contribution in [2.24, 2.45) is 5.73 Å². The lowest BCUT2D eigenvalue weighted by atomic mass is 10.1. The van der Waals surface area contributed by atoms with E-state index in [1.807, 2.05) is 31.3 Å². The van der Waals surface area contributed by atoms with Crippen LogP contribution in [0.4, 0.5) is 10.5 Å². The Balaban J connectivity index is 0.00000400. The molecule has 2 aromatic rings. The molecular weight excluding hydrogens is 549 g/mol. The van der Waals surface area contributed by atoms with E-state index < -0.39 is 6.03 Å². The molecule has 38 heavy (non-hydrogen) atoms. The van der Waals surface area contributed by atoms with E-state index in [9.17, 15) is 9.59 Å². The molecular formula is C27H30Cl3N5O3. The summed E-state index contributed by atoms with van der Waals surface area (Å²) in [4.78, 5) is 29.7. The van der Waals surface area contributed by atoms with Crippen LogP contribution in [-0.4, -0.2) is 41.9 Å². The molecule has 0 unspecified atom stereocenters. The molecule has 0 fully saturated rings. The second kappa shape index (κ2) is 12.5. The Morgan fingerprint density at radius 3 is 2.50 bits per heavy atom. The standard InChI is InChI=1S/C27H29Cl2N5O3.ClH/c1-4-18-7-5-8-19(13-18)34-17(2)15-33-12-11-23(32(3)24(35)14-31-27(30)36)25(26(33)34)37-16-20-21(28)9-6-10-22(20)29;/h5-11,13,15H,4,12,14,16H2,1-3H3,(H3,30,31,36);1H. The summed E-state index contributed by atoms with van der Waals surface area (Å²) < 4.78 is 6.43. The number of benzene rings is 2. The van der Waals surface area contributed by atoms with E-state index in [0.29, 0.717) is 33.6 Å². The van der Waals surface area contributed by atoms with Crippen molar-refractivity contribution < 1.29 is 14.3 Å². The molecule has 2 aliphatic rings. The number of amides is 3. The van der Waals surface area contributed by atoms with Crippen molar-refractivity contribution in [1.29, 1.82) is 0 Å². The number of fused-ring (bicyclic) bond motifs is 1. The molecule has 0 aromatic heterocycles. The SMILES string of the molecule is CCc1cccc(N2C(C)=CN3CC=C(N(C)C(=O)CNC(N)=O)C(OCc4c(Cl)cccc4Cl)=C32)c1.Cl. The Morgan fingerprint density at radius 1 is 1.16 bits per heavy atom. The van der Waals surface area contributed by atoms with Crippen molar-refractivity contribution in [1.82, 2.24) is 15.1 Å². The fourth-order valence-corrected chi connectivity index (χ4v) is 4.81. The van der Waals surface area contributed by atoms with Gasteiger partial charge in [0.15, 0.2) is 11.6 Å². The molecule has 202 valence electrons. The third kappa shape index (κ3) is 6.04. The third-order valence-corrected chi connectivity index (χ3v) is 6.95. The number of anilines is 1. The number of urea groups is 1. The second-order valence-corrected chi connectivity index (χ2v) is 9.50. The molecule has 2 aromatic carbocycles. The van der Waals surface area contributed by atoms with Crippen molar-refractivity contribution in [3.8, 4) is 0 Å². The maximum Gasteiger partial charge on any atom is 0.312 e. The summed E-state index contributed by atoms with van der Waals surface area (Å²) in [5, 5.41) is 3.32. The number of nitrogens with zero attached hydrogens (tertiary/aromatic N) is 3. The fraction of sp³-hybridized carbons (Fsp3) is 0.259. The lowest BCUT2D eigenvalue weighted by Gasteiger charge is -2.34. The number of halogens is 3. The van der Waals surface area contributed by atoms with Gasteiger partial charge in [-0.25, -0.2) is 4.79 Å². The smallest absolute Gasteiger partial charge is 0.312 e. The summed E-state index contributed by atoms with van der Waals surface area (Å²) in [6, 6.07) is 12.8. The molecule has 3 N–H and O–H groups in total. The molecule has 0 radical (unpaired) electrons. The van der Waals surface area contributed by atoms with Gasteiger partial charge in [-0.3, -0.25) is 9.69 Å². The highest BCUT2D eigenvalue weighted by atomic mass is 35.5. The monoisotopic (exact) mass is 577 g/mol. The van der Waals surface area contributed by atoms with E-state index in [4.69, 9.17) is 33.7 Å². The number of carbonyl (C=O) groups excluding carboxylic acids is 2. The predicted molar refractivity (Wildman–Crippen MR) is 153 cm³/mol. The van der Waals surface area contributed by atoms with Crippen LogP contribution in [0, 0.1) is 0 Å². The van der Waals surface area contributed by atoms with Crippen molar-refractivity contribution in [2.45, 2.75) is 26.9 Å². The van der Waals surface area contributed by atoms with Gasteiger partial charge in [-0.2, -0.15) is 0 Å². The summed E-state index contributed by atoms with van der Waals surface area (Å²) in [6.07, 6.45) is 4.85. The zero-order valence-electron chi connectivity index (χ0n) is 21.3. The number of hydrogen-bond acceptors (Lipinski definition) is 5. The van der Waals surface area contributed by atoms with Gasteiger partial charge in [0, 0.05) is 46.8 Å². The van der Waals surface area contributed by atoms with E-state index in [2.05, 4.69) is 34.2 Å². The van der Waals surface area contributed by atoms with Crippen molar-refractivity contribution in [3.05, 3.63) is 98.9 Å². The van der Waals surface area contributed by atoms with Crippen LogP contribution in [0.5, 0.6) is 0 Å². The number of nitrogens with one attached hydrogen (secondary N) is 1. The molecule has 2 heterocycles. The van der Waals surface area contributed by atoms with E-state index >= 15 is 0 Å². The van der Waals surface area contributed by atoms with Crippen LogP contribution in [0.1, 0.15) is 25.0 Å². The van der Waals surface area contributed by atoms with Gasteiger partial charge in [0.1, 0.15) is 6.61 Å². The molecule has 11 heteroatoms. The number of primary amides is 1. The first kappa shape index (κ1) is 29.2. The maximum absolute atomic E-state index is 12.9. The average molecular weight is 579 g/mol. The second-order valence-electron chi connectivity index (χ2n) is 8.68. The van der Waals surface area contributed by atoms with Crippen molar-refractivity contribution >= 4 is 53.2 Å². The van der Waals surface area contributed by atoms with E-state index in [-0.39, 0.29) is 31.5 Å². The van der Waals surface area contributed by atoms with Crippen LogP contribution in [-0.2, 0) is 22.6 Å². The molecule has 0 saturated carbocycles. The minimum absolute atomic E-state index is 0. The first-order chi connectivity index (χ1) is 17.7. The highest BCUT2D eigenvalue weighted by Gasteiger charge is 2.36. The topological polar surface area (TPSA) is 91.1 Å². The number of hydrogen-bond donors (Lipinski definition) is 2. The number of likely N-dealkylation sites (N-methyl/N-ethyl adjacent to an activating group) is 1. The number of rotatable bonds is 8. The molecule has 3 amide bonds. The van der Waals surface area contributed by atoms with E-state index in [1.165, 1.54) is 10.5 Å². The van der Waals surface area contributed by atoms with E-state index in [0.717, 1.165) is 23.6 Å². The van der Waals surface area contributed by atoms with Crippen LogP contribution in [0.15, 0.2) is 77.7 Å². The van der Waals surface area contributed by atoms with Crippen LogP contribution in [0.2, 0.25) is 10.0 Å². The van der Waals surface area contributed by atoms with Crippen molar-refractivity contribution in [2.75, 3.05) is 25.0 Å². The number of aryl methyl sites for hydroxylation is 1. The van der Waals surface area contributed by atoms with Crippen LogP contribution < -0.4 is 16.0 Å². The molecule has 2 aliphatic heterocycles. The number of carbonyl (C=O) groups is 2. The minimum atomic E-state index is -0.772. The van der Waals surface area contributed by atoms with Gasteiger partial charge in [-0.05, 0) is 49.2 Å². The summed E-state index contributed by atoms with van der Waals surface area (Å²) >= 11 is 12.8. The normalized spacial score (nSPS) is 14.3. The molecule has 0 aliphatic carbocycles. The number of allylic oxidation sites excluding steroid dienone is 1. The maximum atomic E-state index is 12.9. The van der Waals surface area contributed by atoms with Gasteiger partial charge in [0.05, 0.1) is 12.2 Å². The Labute approximate surface area is 238 Å². The lowest BCUT2D eigenvalue weighted by molar-refractivity contribution is -0.127. The fourth-order valence-electron chi connectivity index (χ4n) is 4.30. The quantitative estimate of drug-likeness (QED) is 0.439. The van der Waals surface area contributed by atoms with Gasteiger partial charge in [-0.15, -0.1) is 12.4 Å². The van der Waals surface area contributed by atoms with Gasteiger partial charge in [0.25, 0.3) is 0 Å². The number of ether oxygens (including phenoxy) is 1. The summed E-state index contributed by atoms with van der Waals surface area (Å²) in [7, 11) is 1.64. The lowest BCUT2D eigenvalue weighted by Crippen LogP contribution is -2.42. The highest BCUT2D eigenvalue weighted by molar-refractivity contribution is 6.35. The van der Waals surface area contributed by atoms with E-state index in [1.54, 1.807) is 25.2 Å². The van der Waals surface area contributed by atoms with Crippen molar-refractivity contribution in [3.63, 3.8) is 0 Å². The molecule has 0 bridgehead atoms. The average Bonchev–Trinajstić information content (AvgIpc) is 3.22. The molecule has 8 nitrogen and oxygen atoms in total.